The summed E-state index contributed by atoms with van der Waals surface area (Å²) in [6, 6.07) is 10.1. The van der Waals surface area contributed by atoms with Crippen molar-refractivity contribution in [3.63, 3.8) is 0 Å². The molecule has 0 saturated carbocycles. The molecule has 1 N–H and O–H groups in total. The van der Waals surface area contributed by atoms with Crippen molar-refractivity contribution in [2.24, 2.45) is 0 Å². The van der Waals surface area contributed by atoms with Gasteiger partial charge in [0, 0.05) is 25.2 Å². The van der Waals surface area contributed by atoms with Crippen molar-refractivity contribution in [2.45, 2.75) is 13.0 Å². The van der Waals surface area contributed by atoms with E-state index in [4.69, 9.17) is 4.74 Å². The van der Waals surface area contributed by atoms with Gasteiger partial charge in [0.25, 0.3) is 0 Å². The molecule has 0 aromatic heterocycles. The molecule has 1 aromatic carbocycles. The smallest absolute Gasteiger partial charge is 0.0827 e. The molecule has 0 spiro atoms. The van der Waals surface area contributed by atoms with Crippen LogP contribution in [0, 0.1) is 11.8 Å². The summed E-state index contributed by atoms with van der Waals surface area (Å²) in [6.45, 7) is 7.81. The highest BCUT2D eigenvalue weighted by Gasteiger charge is 2.18. The molecular formula is C16H22N2O. The third-order valence-corrected chi connectivity index (χ3v) is 3.26. The summed E-state index contributed by atoms with van der Waals surface area (Å²) in [7, 11) is 0. The molecule has 1 fully saturated rings. The molecule has 1 aromatic rings. The average molecular weight is 258 g/mol. The highest BCUT2D eigenvalue weighted by Crippen LogP contribution is 2.03. The van der Waals surface area contributed by atoms with Crippen LogP contribution in [0.5, 0.6) is 0 Å². The Balaban J connectivity index is 1.66. The maximum absolute atomic E-state index is 5.72. The first-order valence-electron chi connectivity index (χ1n) is 6.97. The van der Waals surface area contributed by atoms with Gasteiger partial charge in [-0.25, -0.2) is 0 Å². The number of rotatable bonds is 4. The van der Waals surface area contributed by atoms with Crippen LogP contribution in [0.2, 0.25) is 0 Å². The first kappa shape index (κ1) is 14.1. The predicted octanol–water partition coefficient (Wildman–Crippen LogP) is 1.35. The molecule has 1 heterocycles. The van der Waals surface area contributed by atoms with Crippen LogP contribution in [0.15, 0.2) is 30.3 Å². The number of morpholine rings is 1. The van der Waals surface area contributed by atoms with Crippen LogP contribution in [-0.4, -0.2) is 50.3 Å². The van der Waals surface area contributed by atoms with Crippen LogP contribution in [0.3, 0.4) is 0 Å². The van der Waals surface area contributed by atoms with E-state index in [1.54, 1.807) is 0 Å². The summed E-state index contributed by atoms with van der Waals surface area (Å²) < 4.78 is 5.72. The number of benzene rings is 1. The Morgan fingerprint density at radius 3 is 3.00 bits per heavy atom. The van der Waals surface area contributed by atoms with Gasteiger partial charge in [-0.15, -0.1) is 0 Å². The fraction of sp³-hybridized carbons (Fsp3) is 0.500. The lowest BCUT2D eigenvalue weighted by atomic mass is 10.2. The molecule has 0 aliphatic carbocycles. The second-order valence-corrected chi connectivity index (χ2v) is 4.68. The molecule has 1 aliphatic heterocycles. The van der Waals surface area contributed by atoms with Crippen molar-refractivity contribution >= 4 is 0 Å². The van der Waals surface area contributed by atoms with Crippen molar-refractivity contribution < 1.29 is 4.74 Å². The summed E-state index contributed by atoms with van der Waals surface area (Å²) in [5, 5.41) is 3.34. The second kappa shape index (κ2) is 7.96. The maximum Gasteiger partial charge on any atom is 0.0827 e. The van der Waals surface area contributed by atoms with E-state index in [1.807, 2.05) is 30.3 Å². The van der Waals surface area contributed by atoms with E-state index in [9.17, 15) is 0 Å². The molecule has 0 bridgehead atoms. The molecule has 0 amide bonds. The van der Waals surface area contributed by atoms with Crippen LogP contribution < -0.4 is 5.32 Å². The highest BCUT2D eigenvalue weighted by atomic mass is 16.5. The number of ether oxygens (including phenoxy) is 1. The summed E-state index contributed by atoms with van der Waals surface area (Å²) in [5.74, 6) is 6.27. The maximum atomic E-state index is 5.72. The fourth-order valence-corrected chi connectivity index (χ4v) is 2.15. The van der Waals surface area contributed by atoms with Crippen molar-refractivity contribution in [2.75, 3.05) is 39.3 Å². The van der Waals surface area contributed by atoms with E-state index in [0.29, 0.717) is 12.6 Å². The fourth-order valence-electron chi connectivity index (χ4n) is 2.15. The van der Waals surface area contributed by atoms with Gasteiger partial charge < -0.3 is 10.1 Å². The van der Waals surface area contributed by atoms with Crippen LogP contribution in [-0.2, 0) is 4.74 Å². The Hall–Kier alpha value is -1.34. The normalized spacial score (nSPS) is 19.7. The first-order chi connectivity index (χ1) is 9.38. The Bertz CT molecular complexity index is 421. The van der Waals surface area contributed by atoms with Crippen molar-refractivity contribution in [3.05, 3.63) is 35.9 Å². The Morgan fingerprint density at radius 2 is 2.21 bits per heavy atom. The van der Waals surface area contributed by atoms with Crippen LogP contribution in [0.1, 0.15) is 12.5 Å². The number of likely N-dealkylation sites (N-methyl/N-ethyl adjacent to an activating group) is 1. The molecule has 3 heteroatoms. The van der Waals surface area contributed by atoms with Crippen molar-refractivity contribution in [1.29, 1.82) is 0 Å². The summed E-state index contributed by atoms with van der Waals surface area (Å²) in [4.78, 5) is 2.42. The van der Waals surface area contributed by atoms with Gasteiger partial charge >= 0.3 is 0 Å². The predicted molar refractivity (Wildman–Crippen MR) is 78.0 cm³/mol. The third-order valence-electron chi connectivity index (χ3n) is 3.26. The van der Waals surface area contributed by atoms with E-state index < -0.39 is 0 Å². The molecule has 102 valence electrons. The molecule has 1 saturated heterocycles. The summed E-state index contributed by atoms with van der Waals surface area (Å²) in [6.07, 6.45) is 0.298. The molecule has 0 radical (unpaired) electrons. The number of hydrogen-bond donors (Lipinski definition) is 1. The highest BCUT2D eigenvalue weighted by molar-refractivity contribution is 5.33. The minimum atomic E-state index is 0.298. The van der Waals surface area contributed by atoms with Gasteiger partial charge in [0.05, 0.1) is 19.3 Å². The van der Waals surface area contributed by atoms with Gasteiger partial charge in [0.1, 0.15) is 0 Å². The van der Waals surface area contributed by atoms with E-state index in [0.717, 1.165) is 38.3 Å². The standard InChI is InChI=1S/C16H22N2O/c1-2-18-11-12-19-16(14-18)13-17-10-6-9-15-7-4-3-5-8-15/h3-5,7-8,16-17H,2,10-14H2,1H3. The molecule has 3 nitrogen and oxygen atoms in total. The lowest BCUT2D eigenvalue weighted by Gasteiger charge is -2.32. The zero-order valence-electron chi connectivity index (χ0n) is 11.6. The molecule has 19 heavy (non-hydrogen) atoms. The molecule has 1 unspecified atom stereocenters. The minimum absolute atomic E-state index is 0.298. The Kier molecular flexibility index (Phi) is 5.90. The van der Waals surface area contributed by atoms with Crippen LogP contribution in [0.4, 0.5) is 0 Å². The van der Waals surface area contributed by atoms with Crippen molar-refractivity contribution in [1.82, 2.24) is 10.2 Å². The van der Waals surface area contributed by atoms with E-state index in [-0.39, 0.29) is 0 Å². The van der Waals surface area contributed by atoms with Gasteiger partial charge in [0.15, 0.2) is 0 Å². The second-order valence-electron chi connectivity index (χ2n) is 4.68. The van der Waals surface area contributed by atoms with Gasteiger partial charge in [-0.05, 0) is 18.7 Å². The number of nitrogens with one attached hydrogen (secondary N) is 1. The molecule has 1 aliphatic rings. The zero-order chi connectivity index (χ0) is 13.3. The monoisotopic (exact) mass is 258 g/mol. The topological polar surface area (TPSA) is 24.5 Å². The molecule has 2 rings (SSSR count). The van der Waals surface area contributed by atoms with Gasteiger partial charge in [0.2, 0.25) is 0 Å². The van der Waals surface area contributed by atoms with Crippen LogP contribution >= 0.6 is 0 Å². The Morgan fingerprint density at radius 1 is 1.37 bits per heavy atom. The molecular weight excluding hydrogens is 236 g/mol. The minimum Gasteiger partial charge on any atom is -0.374 e. The summed E-state index contributed by atoms with van der Waals surface area (Å²) in [5.41, 5.74) is 1.07. The quantitative estimate of drug-likeness (QED) is 0.652. The average Bonchev–Trinajstić information content (AvgIpc) is 2.48. The number of hydrogen-bond acceptors (Lipinski definition) is 3. The van der Waals surface area contributed by atoms with Gasteiger partial charge in [-0.2, -0.15) is 0 Å². The first-order valence-corrected chi connectivity index (χ1v) is 6.97. The summed E-state index contributed by atoms with van der Waals surface area (Å²) >= 11 is 0. The largest absolute Gasteiger partial charge is 0.374 e. The van der Waals surface area contributed by atoms with E-state index >= 15 is 0 Å². The lowest BCUT2D eigenvalue weighted by molar-refractivity contribution is -0.0247. The van der Waals surface area contributed by atoms with E-state index in [1.165, 1.54) is 0 Å². The zero-order valence-corrected chi connectivity index (χ0v) is 11.6. The van der Waals surface area contributed by atoms with E-state index in [2.05, 4.69) is 29.0 Å². The van der Waals surface area contributed by atoms with Crippen molar-refractivity contribution in [3.8, 4) is 11.8 Å². The SMILES string of the molecule is CCN1CCOC(CNCC#Cc2ccccc2)C1. The van der Waals surface area contributed by atoms with Crippen LogP contribution in [0.25, 0.3) is 0 Å². The van der Waals surface area contributed by atoms with Gasteiger partial charge in [-0.3, -0.25) is 4.90 Å². The third kappa shape index (κ3) is 5.04. The van der Waals surface area contributed by atoms with Gasteiger partial charge in [-0.1, -0.05) is 37.0 Å². The Labute approximate surface area is 115 Å². The molecule has 1 atom stereocenters. The lowest BCUT2D eigenvalue weighted by Crippen LogP contribution is -2.46. The number of nitrogens with zero attached hydrogens (tertiary/aromatic N) is 1.